The number of carbonyl (C=O) groups is 2. The molecule has 5 heteroatoms. The summed E-state index contributed by atoms with van der Waals surface area (Å²) in [6, 6.07) is 4.07. The van der Waals surface area contributed by atoms with Crippen LogP contribution in [0.15, 0.2) is 18.2 Å². The van der Waals surface area contributed by atoms with E-state index in [1.807, 2.05) is 0 Å². The van der Waals surface area contributed by atoms with Crippen LogP contribution < -0.4 is 0 Å². The van der Waals surface area contributed by atoms with Crippen LogP contribution in [0.2, 0.25) is 0 Å². The van der Waals surface area contributed by atoms with Gasteiger partial charge in [0.25, 0.3) is 0 Å². The minimum absolute atomic E-state index is 0.103. The first-order valence-electron chi connectivity index (χ1n) is 5.60. The smallest absolute Gasteiger partial charge is 0.338 e. The number of carbonyl (C=O) groups excluding carboxylic acids is 2. The van der Waals surface area contributed by atoms with Gasteiger partial charge in [-0.1, -0.05) is 6.07 Å². The zero-order valence-electron chi connectivity index (χ0n) is 10.4. The minimum Gasteiger partial charge on any atom is -0.469 e. The Hall–Kier alpha value is -1.91. The van der Waals surface area contributed by atoms with Gasteiger partial charge in [0.2, 0.25) is 0 Å². The lowest BCUT2D eigenvalue weighted by Gasteiger charge is -2.05. The number of halogens is 1. The Labute approximate surface area is 105 Å². The summed E-state index contributed by atoms with van der Waals surface area (Å²) in [5.74, 6) is -1.48. The molecule has 0 aromatic heterocycles. The highest BCUT2D eigenvalue weighted by atomic mass is 19.1. The maximum Gasteiger partial charge on any atom is 0.338 e. The summed E-state index contributed by atoms with van der Waals surface area (Å²) in [4.78, 5) is 22.3. The fraction of sp³-hybridized carbons (Fsp3) is 0.385. The Morgan fingerprint density at radius 2 is 2.06 bits per heavy atom. The number of esters is 2. The summed E-state index contributed by atoms with van der Waals surface area (Å²) < 4.78 is 22.9. The highest BCUT2D eigenvalue weighted by Gasteiger charge is 2.11. The molecule has 0 aliphatic carbocycles. The number of aryl methyl sites for hydroxylation is 1. The zero-order chi connectivity index (χ0) is 13.5. The monoisotopic (exact) mass is 254 g/mol. The average Bonchev–Trinajstić information content (AvgIpc) is 2.37. The average molecular weight is 254 g/mol. The summed E-state index contributed by atoms with van der Waals surface area (Å²) in [6.07, 6.45) is 0.341. The Bertz CT molecular complexity index is 443. The van der Waals surface area contributed by atoms with Crippen molar-refractivity contribution in [2.45, 2.75) is 19.8 Å². The summed E-state index contributed by atoms with van der Waals surface area (Å²) in [5.41, 5.74) is 0.532. The van der Waals surface area contributed by atoms with E-state index < -0.39 is 17.8 Å². The second-order valence-corrected chi connectivity index (χ2v) is 3.60. The van der Waals surface area contributed by atoms with E-state index in [2.05, 4.69) is 4.74 Å². The molecule has 1 aromatic rings. The third-order valence-corrected chi connectivity index (χ3v) is 2.39. The van der Waals surface area contributed by atoms with Gasteiger partial charge in [0.15, 0.2) is 0 Å². The lowest BCUT2D eigenvalue weighted by atomic mass is 10.1. The molecule has 0 spiro atoms. The summed E-state index contributed by atoms with van der Waals surface area (Å²) in [6.45, 7) is 1.92. The minimum atomic E-state index is -0.559. The van der Waals surface area contributed by atoms with E-state index in [1.54, 1.807) is 6.92 Å². The lowest BCUT2D eigenvalue weighted by molar-refractivity contribution is -0.140. The van der Waals surface area contributed by atoms with E-state index in [-0.39, 0.29) is 25.0 Å². The maximum absolute atomic E-state index is 13.6. The highest BCUT2D eigenvalue weighted by Crippen LogP contribution is 2.13. The fourth-order valence-corrected chi connectivity index (χ4v) is 1.43. The summed E-state index contributed by atoms with van der Waals surface area (Å²) in [7, 11) is 1.28. The number of hydrogen-bond acceptors (Lipinski definition) is 4. The molecule has 0 fully saturated rings. The summed E-state index contributed by atoms with van der Waals surface area (Å²) >= 11 is 0. The molecule has 4 nitrogen and oxygen atoms in total. The number of ether oxygens (including phenoxy) is 2. The van der Waals surface area contributed by atoms with Crippen LogP contribution in [0.1, 0.15) is 29.3 Å². The second kappa shape index (κ2) is 6.74. The Morgan fingerprint density at radius 3 is 2.61 bits per heavy atom. The van der Waals surface area contributed by atoms with E-state index in [0.29, 0.717) is 5.56 Å². The Balaban J connectivity index is 2.73. The van der Waals surface area contributed by atoms with Crippen molar-refractivity contribution in [1.82, 2.24) is 0 Å². The zero-order valence-corrected chi connectivity index (χ0v) is 10.4. The van der Waals surface area contributed by atoms with Gasteiger partial charge in [0.1, 0.15) is 5.82 Å². The molecule has 0 N–H and O–H groups in total. The molecule has 0 saturated heterocycles. The van der Waals surface area contributed by atoms with Gasteiger partial charge >= 0.3 is 11.9 Å². The molecular weight excluding hydrogens is 239 g/mol. The first-order chi connectivity index (χ1) is 8.58. The van der Waals surface area contributed by atoms with Crippen LogP contribution in [-0.4, -0.2) is 25.7 Å². The molecule has 18 heavy (non-hydrogen) atoms. The van der Waals surface area contributed by atoms with Crippen LogP contribution in [0.3, 0.4) is 0 Å². The van der Waals surface area contributed by atoms with Gasteiger partial charge in [-0.05, 0) is 31.0 Å². The molecule has 0 aliphatic rings. The topological polar surface area (TPSA) is 52.6 Å². The molecule has 0 heterocycles. The first kappa shape index (κ1) is 14.2. The van der Waals surface area contributed by atoms with Crippen molar-refractivity contribution in [2.75, 3.05) is 13.7 Å². The van der Waals surface area contributed by atoms with Gasteiger partial charge in [-0.25, -0.2) is 9.18 Å². The third kappa shape index (κ3) is 3.84. The van der Waals surface area contributed by atoms with Crippen molar-refractivity contribution < 1.29 is 23.5 Å². The van der Waals surface area contributed by atoms with Gasteiger partial charge in [-0.2, -0.15) is 0 Å². The van der Waals surface area contributed by atoms with Crippen LogP contribution in [-0.2, 0) is 20.7 Å². The molecular formula is C13H15FO4. The number of rotatable bonds is 5. The molecule has 0 aliphatic heterocycles. The quantitative estimate of drug-likeness (QED) is 0.755. The molecule has 0 unspecified atom stereocenters. The predicted octanol–water partition coefficient (Wildman–Crippen LogP) is 2.11. The van der Waals surface area contributed by atoms with Gasteiger partial charge in [0.05, 0.1) is 19.3 Å². The van der Waals surface area contributed by atoms with Gasteiger partial charge < -0.3 is 9.47 Å². The largest absolute Gasteiger partial charge is 0.469 e. The van der Waals surface area contributed by atoms with Gasteiger partial charge in [-0.15, -0.1) is 0 Å². The van der Waals surface area contributed by atoms with Crippen LogP contribution in [0.4, 0.5) is 4.39 Å². The van der Waals surface area contributed by atoms with E-state index in [4.69, 9.17) is 4.74 Å². The second-order valence-electron chi connectivity index (χ2n) is 3.60. The van der Waals surface area contributed by atoms with Crippen LogP contribution in [0, 0.1) is 5.82 Å². The van der Waals surface area contributed by atoms with Gasteiger partial charge in [-0.3, -0.25) is 4.79 Å². The van der Waals surface area contributed by atoms with E-state index in [0.717, 1.165) is 6.07 Å². The van der Waals surface area contributed by atoms with Crippen LogP contribution in [0.5, 0.6) is 0 Å². The van der Waals surface area contributed by atoms with E-state index in [1.165, 1.54) is 19.2 Å². The summed E-state index contributed by atoms with van der Waals surface area (Å²) in [5, 5.41) is 0. The Kier molecular flexibility index (Phi) is 5.30. The number of benzene rings is 1. The van der Waals surface area contributed by atoms with Crippen molar-refractivity contribution in [2.24, 2.45) is 0 Å². The van der Waals surface area contributed by atoms with Crippen molar-refractivity contribution in [3.8, 4) is 0 Å². The van der Waals surface area contributed by atoms with Crippen molar-refractivity contribution in [3.05, 3.63) is 35.1 Å². The van der Waals surface area contributed by atoms with Crippen molar-refractivity contribution in [3.63, 3.8) is 0 Å². The fourth-order valence-electron chi connectivity index (χ4n) is 1.43. The normalized spacial score (nSPS) is 9.94. The SMILES string of the molecule is CCOC(=O)c1ccc(CCC(=O)OC)c(F)c1. The molecule has 0 radical (unpaired) electrons. The molecule has 0 atom stereocenters. The molecule has 1 aromatic carbocycles. The van der Waals surface area contributed by atoms with E-state index in [9.17, 15) is 14.0 Å². The van der Waals surface area contributed by atoms with Crippen molar-refractivity contribution in [1.29, 1.82) is 0 Å². The molecule has 0 saturated carbocycles. The maximum atomic E-state index is 13.6. The predicted molar refractivity (Wildman–Crippen MR) is 62.7 cm³/mol. The molecule has 1 rings (SSSR count). The lowest BCUT2D eigenvalue weighted by Crippen LogP contribution is -2.07. The molecule has 0 amide bonds. The standard InChI is InChI=1S/C13H15FO4/c1-3-18-13(16)10-5-4-9(11(14)8-10)6-7-12(15)17-2/h4-5,8H,3,6-7H2,1-2H3. The number of methoxy groups -OCH3 is 1. The van der Waals surface area contributed by atoms with Crippen LogP contribution in [0.25, 0.3) is 0 Å². The molecule has 0 bridgehead atoms. The van der Waals surface area contributed by atoms with E-state index >= 15 is 0 Å². The van der Waals surface area contributed by atoms with Crippen molar-refractivity contribution >= 4 is 11.9 Å². The first-order valence-corrected chi connectivity index (χ1v) is 5.60. The third-order valence-electron chi connectivity index (χ3n) is 2.39. The Morgan fingerprint density at radius 1 is 1.33 bits per heavy atom. The van der Waals surface area contributed by atoms with Crippen LogP contribution >= 0.6 is 0 Å². The molecule has 98 valence electrons. The van der Waals surface area contributed by atoms with Gasteiger partial charge in [0, 0.05) is 6.42 Å². The number of hydrogen-bond donors (Lipinski definition) is 0. The highest BCUT2D eigenvalue weighted by molar-refractivity contribution is 5.89.